The Morgan fingerprint density at radius 3 is 2.50 bits per heavy atom. The van der Waals surface area contributed by atoms with Crippen molar-refractivity contribution in [3.05, 3.63) is 41.5 Å². The number of rotatable bonds is 3. The summed E-state index contributed by atoms with van der Waals surface area (Å²) >= 11 is 2.38. The van der Waals surface area contributed by atoms with E-state index in [4.69, 9.17) is 0 Å². The minimum absolute atomic E-state index is 0.343. The van der Waals surface area contributed by atoms with Gasteiger partial charge in [0.15, 0.2) is 10.8 Å². The lowest BCUT2D eigenvalue weighted by Gasteiger charge is -2.25. The van der Waals surface area contributed by atoms with Crippen molar-refractivity contribution in [3.8, 4) is 0 Å². The third kappa shape index (κ3) is 2.20. The average molecular weight is 333 g/mol. The van der Waals surface area contributed by atoms with Gasteiger partial charge in [0.1, 0.15) is 10.8 Å². The van der Waals surface area contributed by atoms with Crippen LogP contribution in [0.15, 0.2) is 40.5 Å². The molecule has 1 aromatic carbocycles. The van der Waals surface area contributed by atoms with E-state index in [2.05, 4.69) is 9.97 Å². The highest BCUT2D eigenvalue weighted by molar-refractivity contribution is 8.14. The van der Waals surface area contributed by atoms with Crippen LogP contribution in [-0.4, -0.2) is 40.5 Å². The molecule has 0 amide bonds. The van der Waals surface area contributed by atoms with Gasteiger partial charge < -0.3 is 10.0 Å². The first kappa shape index (κ1) is 15.3. The van der Waals surface area contributed by atoms with Crippen molar-refractivity contribution in [2.75, 3.05) is 25.3 Å². The molecule has 7 heteroatoms. The van der Waals surface area contributed by atoms with E-state index >= 15 is 0 Å². The fourth-order valence-corrected chi connectivity index (χ4v) is 3.85. The number of hydrogen-bond acceptors (Lipinski definition) is 7. The lowest BCUT2D eigenvalue weighted by atomic mass is 9.88. The summed E-state index contributed by atoms with van der Waals surface area (Å²) in [6, 6.07) is 8.94. The van der Waals surface area contributed by atoms with Crippen LogP contribution in [0.2, 0.25) is 0 Å². The van der Waals surface area contributed by atoms with E-state index in [1.54, 1.807) is 29.2 Å². The Kier molecular flexibility index (Phi) is 3.88. The van der Waals surface area contributed by atoms with Gasteiger partial charge in [0.2, 0.25) is 5.12 Å². The highest BCUT2D eigenvalue weighted by Crippen LogP contribution is 2.50. The first-order valence-corrected chi connectivity index (χ1v) is 8.66. The van der Waals surface area contributed by atoms with Crippen molar-refractivity contribution in [2.24, 2.45) is 0 Å². The maximum Gasteiger partial charge on any atom is 0.236 e. The molecule has 1 N–H and O–H groups in total. The van der Waals surface area contributed by atoms with Gasteiger partial charge in [-0.3, -0.25) is 4.79 Å². The standard InChI is InChI=1S/C15H15N3O2S2/c1-18(2)11-10-12(17-14(16-11)21-3)22-13(19)15(10,20)9-7-5-4-6-8-9/h4-8,20H,1-3H3. The van der Waals surface area contributed by atoms with E-state index in [1.165, 1.54) is 11.8 Å². The summed E-state index contributed by atoms with van der Waals surface area (Å²) < 4.78 is 0. The van der Waals surface area contributed by atoms with Crippen molar-refractivity contribution in [1.82, 2.24) is 9.97 Å². The Morgan fingerprint density at radius 1 is 1.23 bits per heavy atom. The van der Waals surface area contributed by atoms with E-state index in [9.17, 15) is 9.90 Å². The SMILES string of the molecule is CSc1nc2c(c(N(C)C)n1)C(O)(c1ccccc1)C(=O)S2. The second-order valence-corrected chi connectivity index (χ2v) is 6.81. The Balaban J connectivity index is 2.29. The molecule has 1 unspecified atom stereocenters. The van der Waals surface area contributed by atoms with E-state index in [-0.39, 0.29) is 5.12 Å². The molecule has 0 spiro atoms. The number of carbonyl (C=O) groups is 1. The number of thioether (sulfide) groups is 2. The Morgan fingerprint density at radius 2 is 1.91 bits per heavy atom. The van der Waals surface area contributed by atoms with E-state index in [0.717, 1.165) is 11.8 Å². The van der Waals surface area contributed by atoms with Crippen molar-refractivity contribution in [2.45, 2.75) is 15.8 Å². The summed E-state index contributed by atoms with van der Waals surface area (Å²) in [7, 11) is 3.68. The molecule has 1 atom stereocenters. The summed E-state index contributed by atoms with van der Waals surface area (Å²) in [6.07, 6.45) is 1.88. The first-order valence-electron chi connectivity index (χ1n) is 6.62. The number of fused-ring (bicyclic) bond motifs is 1. The maximum absolute atomic E-state index is 12.5. The fraction of sp³-hybridized carbons (Fsp3) is 0.267. The van der Waals surface area contributed by atoms with Crippen LogP contribution in [0.1, 0.15) is 11.1 Å². The summed E-state index contributed by atoms with van der Waals surface area (Å²) in [5, 5.41) is 12.0. The summed E-state index contributed by atoms with van der Waals surface area (Å²) in [6.45, 7) is 0. The van der Waals surface area contributed by atoms with Crippen LogP contribution >= 0.6 is 23.5 Å². The molecule has 22 heavy (non-hydrogen) atoms. The van der Waals surface area contributed by atoms with Crippen LogP contribution in [0.3, 0.4) is 0 Å². The molecule has 1 aliphatic heterocycles. The first-order chi connectivity index (χ1) is 10.5. The highest BCUT2D eigenvalue weighted by Gasteiger charge is 2.51. The topological polar surface area (TPSA) is 66.3 Å². The molecule has 1 aliphatic rings. The normalized spacial score (nSPS) is 20.1. The van der Waals surface area contributed by atoms with Gasteiger partial charge in [-0.1, -0.05) is 42.1 Å². The van der Waals surface area contributed by atoms with Gasteiger partial charge in [-0.2, -0.15) is 0 Å². The summed E-state index contributed by atoms with van der Waals surface area (Å²) in [5.41, 5.74) is -0.705. The average Bonchev–Trinajstić information content (AvgIpc) is 2.79. The minimum atomic E-state index is -1.71. The van der Waals surface area contributed by atoms with E-state index in [0.29, 0.717) is 27.1 Å². The number of nitrogens with zero attached hydrogens (tertiary/aromatic N) is 3. The Labute approximate surface area is 137 Å². The van der Waals surface area contributed by atoms with Crippen LogP contribution in [0.4, 0.5) is 5.82 Å². The molecular weight excluding hydrogens is 318 g/mol. The highest BCUT2D eigenvalue weighted by atomic mass is 32.2. The molecule has 0 radical (unpaired) electrons. The zero-order valence-electron chi connectivity index (χ0n) is 12.4. The molecule has 0 saturated carbocycles. The van der Waals surface area contributed by atoms with Gasteiger partial charge in [0.25, 0.3) is 0 Å². The van der Waals surface area contributed by atoms with E-state index in [1.807, 2.05) is 26.4 Å². The van der Waals surface area contributed by atoms with Gasteiger partial charge >= 0.3 is 0 Å². The molecule has 0 aliphatic carbocycles. The number of aliphatic hydroxyl groups is 1. The van der Waals surface area contributed by atoms with E-state index < -0.39 is 5.60 Å². The van der Waals surface area contributed by atoms with Gasteiger partial charge in [-0.25, -0.2) is 9.97 Å². The largest absolute Gasteiger partial charge is 0.372 e. The van der Waals surface area contributed by atoms with Gasteiger partial charge in [-0.05, 0) is 23.6 Å². The zero-order chi connectivity index (χ0) is 15.9. The van der Waals surface area contributed by atoms with Crippen molar-refractivity contribution in [1.29, 1.82) is 0 Å². The second kappa shape index (κ2) is 5.57. The Hall–Kier alpha value is -1.57. The predicted octanol–water partition coefficient (Wildman–Crippen LogP) is 2.13. The van der Waals surface area contributed by atoms with Crippen LogP contribution < -0.4 is 4.90 Å². The van der Waals surface area contributed by atoms with Crippen LogP contribution in [-0.2, 0) is 10.4 Å². The molecular formula is C15H15N3O2S2. The molecule has 3 rings (SSSR count). The lowest BCUT2D eigenvalue weighted by molar-refractivity contribution is -0.124. The Bertz CT molecular complexity index is 737. The number of anilines is 1. The van der Waals surface area contributed by atoms with Crippen LogP contribution in [0.5, 0.6) is 0 Å². The van der Waals surface area contributed by atoms with Crippen LogP contribution in [0, 0.1) is 0 Å². The maximum atomic E-state index is 12.5. The van der Waals surface area contributed by atoms with Crippen LogP contribution in [0.25, 0.3) is 0 Å². The number of aromatic nitrogens is 2. The monoisotopic (exact) mass is 333 g/mol. The fourth-order valence-electron chi connectivity index (χ4n) is 2.42. The molecule has 0 bridgehead atoms. The zero-order valence-corrected chi connectivity index (χ0v) is 14.0. The third-order valence-corrected chi connectivity index (χ3v) is 5.00. The molecule has 5 nitrogen and oxygen atoms in total. The molecule has 2 aromatic rings. The number of carbonyl (C=O) groups excluding carboxylic acids is 1. The molecule has 114 valence electrons. The van der Waals surface area contributed by atoms with Crippen molar-refractivity contribution in [3.63, 3.8) is 0 Å². The number of benzene rings is 1. The third-order valence-electron chi connectivity index (χ3n) is 3.48. The van der Waals surface area contributed by atoms with Gasteiger partial charge in [0.05, 0.1) is 5.56 Å². The quantitative estimate of drug-likeness (QED) is 0.524. The minimum Gasteiger partial charge on any atom is -0.372 e. The molecule has 1 aromatic heterocycles. The molecule has 0 saturated heterocycles. The smallest absolute Gasteiger partial charge is 0.236 e. The lowest BCUT2D eigenvalue weighted by Crippen LogP contribution is -2.33. The van der Waals surface area contributed by atoms with Crippen molar-refractivity contribution >= 4 is 34.5 Å². The molecule has 0 fully saturated rings. The second-order valence-electron chi connectivity index (χ2n) is 5.07. The molecule has 2 heterocycles. The van der Waals surface area contributed by atoms with Crippen molar-refractivity contribution < 1.29 is 9.90 Å². The summed E-state index contributed by atoms with van der Waals surface area (Å²) in [5.74, 6) is 0.569. The van der Waals surface area contributed by atoms with Gasteiger partial charge in [-0.15, -0.1) is 0 Å². The number of hydrogen-bond donors (Lipinski definition) is 1. The van der Waals surface area contributed by atoms with Gasteiger partial charge in [0, 0.05) is 14.1 Å². The summed E-state index contributed by atoms with van der Waals surface area (Å²) in [4.78, 5) is 23.2. The predicted molar refractivity (Wildman–Crippen MR) is 88.4 cm³/mol.